The molecule has 1 atom stereocenters. The zero-order valence-electron chi connectivity index (χ0n) is 6.92. The normalized spacial score (nSPS) is 34.2. The smallest absolute Gasteiger partial charge is 0.170 e. The summed E-state index contributed by atoms with van der Waals surface area (Å²) in [4.78, 5) is 0. The van der Waals surface area contributed by atoms with Crippen LogP contribution >= 0.6 is 23.4 Å². The van der Waals surface area contributed by atoms with Crippen LogP contribution in [0, 0.1) is 0 Å². The van der Waals surface area contributed by atoms with Crippen molar-refractivity contribution in [3.05, 3.63) is 0 Å². The van der Waals surface area contributed by atoms with E-state index in [9.17, 15) is 0 Å². The lowest BCUT2D eigenvalue weighted by molar-refractivity contribution is -0.169. The molecule has 0 saturated carbocycles. The molecule has 0 aliphatic carbocycles. The Morgan fingerprint density at radius 2 is 2.17 bits per heavy atom. The molecule has 1 unspecified atom stereocenters. The van der Waals surface area contributed by atoms with Crippen LogP contribution in [-0.4, -0.2) is 35.9 Å². The molecule has 0 aromatic heterocycles. The summed E-state index contributed by atoms with van der Waals surface area (Å²) in [6.45, 7) is 0.675. The highest BCUT2D eigenvalue weighted by molar-refractivity contribution is 7.99. The Morgan fingerprint density at radius 3 is 2.75 bits per heavy atom. The molecule has 0 aromatic rings. The number of hydrogen-bond acceptors (Lipinski definition) is 3. The highest BCUT2D eigenvalue weighted by Gasteiger charge is 2.41. The van der Waals surface area contributed by atoms with Crippen molar-refractivity contribution in [1.29, 1.82) is 0 Å². The molecule has 2 fully saturated rings. The van der Waals surface area contributed by atoms with E-state index in [4.69, 9.17) is 21.1 Å². The third-order valence-electron chi connectivity index (χ3n) is 2.34. The van der Waals surface area contributed by atoms with Gasteiger partial charge < -0.3 is 9.47 Å². The largest absolute Gasteiger partial charge is 0.347 e. The molecule has 0 aromatic carbocycles. The average molecular weight is 209 g/mol. The first-order chi connectivity index (χ1) is 5.85. The predicted molar refractivity (Wildman–Crippen MR) is 50.8 cm³/mol. The van der Waals surface area contributed by atoms with Crippen molar-refractivity contribution in [1.82, 2.24) is 0 Å². The van der Waals surface area contributed by atoms with Crippen molar-refractivity contribution in [3.8, 4) is 0 Å². The molecule has 0 radical (unpaired) electrons. The van der Waals surface area contributed by atoms with E-state index in [2.05, 4.69) is 0 Å². The minimum Gasteiger partial charge on any atom is -0.347 e. The van der Waals surface area contributed by atoms with E-state index in [0.29, 0.717) is 12.5 Å². The van der Waals surface area contributed by atoms with Gasteiger partial charge in [-0.15, -0.1) is 11.6 Å². The summed E-state index contributed by atoms with van der Waals surface area (Å²) in [5.74, 6) is 2.59. The highest BCUT2D eigenvalue weighted by Crippen LogP contribution is 2.36. The molecule has 2 aliphatic heterocycles. The summed E-state index contributed by atoms with van der Waals surface area (Å²) < 4.78 is 11.4. The maximum absolute atomic E-state index is 5.77. The second-order valence-corrected chi connectivity index (χ2v) is 4.76. The van der Waals surface area contributed by atoms with Crippen molar-refractivity contribution in [2.75, 3.05) is 24.0 Å². The van der Waals surface area contributed by atoms with E-state index in [1.165, 1.54) is 0 Å². The number of thioether (sulfide) groups is 1. The van der Waals surface area contributed by atoms with Gasteiger partial charge in [0.1, 0.15) is 0 Å². The molecule has 2 heterocycles. The zero-order valence-corrected chi connectivity index (χ0v) is 8.50. The van der Waals surface area contributed by atoms with Gasteiger partial charge in [-0.2, -0.15) is 11.8 Å². The van der Waals surface area contributed by atoms with Gasteiger partial charge in [-0.05, 0) is 11.5 Å². The Labute approximate surface area is 81.9 Å². The first-order valence-corrected chi connectivity index (χ1v) is 5.99. The molecule has 70 valence electrons. The maximum Gasteiger partial charge on any atom is 0.170 e. The van der Waals surface area contributed by atoms with Crippen LogP contribution in [0.5, 0.6) is 0 Å². The molecular formula is C8H13ClO2S. The quantitative estimate of drug-likeness (QED) is 0.613. The third kappa shape index (κ3) is 1.74. The highest BCUT2D eigenvalue weighted by atomic mass is 35.5. The van der Waals surface area contributed by atoms with Crippen LogP contribution in [-0.2, 0) is 9.47 Å². The summed E-state index contributed by atoms with van der Waals surface area (Å²) in [6, 6.07) is 0. The summed E-state index contributed by atoms with van der Waals surface area (Å²) in [6.07, 6.45) is 2.16. The Morgan fingerprint density at radius 1 is 1.42 bits per heavy atom. The van der Waals surface area contributed by atoms with Crippen LogP contribution in [0.15, 0.2) is 0 Å². The molecule has 0 amide bonds. The van der Waals surface area contributed by atoms with E-state index < -0.39 is 0 Å². The van der Waals surface area contributed by atoms with Gasteiger partial charge in [0.2, 0.25) is 0 Å². The number of hydrogen-bond donors (Lipinski definition) is 0. The minimum absolute atomic E-state index is 0.120. The lowest BCUT2D eigenvalue weighted by atomic mass is 10.1. The molecule has 12 heavy (non-hydrogen) atoms. The second-order valence-electron chi connectivity index (χ2n) is 3.23. The van der Waals surface area contributed by atoms with E-state index >= 15 is 0 Å². The van der Waals surface area contributed by atoms with E-state index in [-0.39, 0.29) is 11.9 Å². The van der Waals surface area contributed by atoms with E-state index in [1.807, 2.05) is 11.8 Å². The summed E-state index contributed by atoms with van der Waals surface area (Å²) in [7, 11) is 0. The fraction of sp³-hybridized carbons (Fsp3) is 1.00. The molecule has 1 spiro atoms. The van der Waals surface area contributed by atoms with Gasteiger partial charge in [-0.3, -0.25) is 0 Å². The molecule has 0 bridgehead atoms. The van der Waals surface area contributed by atoms with Gasteiger partial charge in [0.05, 0.1) is 18.6 Å². The van der Waals surface area contributed by atoms with Crippen LogP contribution in [0.25, 0.3) is 0 Å². The molecule has 2 nitrogen and oxygen atoms in total. The average Bonchev–Trinajstić information content (AvgIpc) is 2.50. The Bertz CT molecular complexity index is 159. The van der Waals surface area contributed by atoms with Crippen LogP contribution in [0.4, 0.5) is 0 Å². The van der Waals surface area contributed by atoms with Crippen molar-refractivity contribution in [2.24, 2.45) is 0 Å². The maximum atomic E-state index is 5.77. The summed E-state index contributed by atoms with van der Waals surface area (Å²) in [5, 5.41) is 0. The monoisotopic (exact) mass is 208 g/mol. The number of alkyl halides is 1. The second kappa shape index (κ2) is 3.74. The zero-order chi connectivity index (χ0) is 8.44. The minimum atomic E-state index is -0.259. The van der Waals surface area contributed by atoms with Crippen molar-refractivity contribution >= 4 is 23.4 Å². The number of ether oxygens (including phenoxy) is 2. The first-order valence-electron chi connectivity index (χ1n) is 4.30. The van der Waals surface area contributed by atoms with Gasteiger partial charge >= 0.3 is 0 Å². The van der Waals surface area contributed by atoms with Gasteiger partial charge in [-0.25, -0.2) is 0 Å². The van der Waals surface area contributed by atoms with Crippen LogP contribution in [0.1, 0.15) is 12.8 Å². The number of halogens is 1. The van der Waals surface area contributed by atoms with Gasteiger partial charge in [0.25, 0.3) is 0 Å². The fourth-order valence-corrected chi connectivity index (χ4v) is 2.90. The van der Waals surface area contributed by atoms with E-state index in [1.54, 1.807) is 0 Å². The molecule has 2 aliphatic rings. The Balaban J connectivity index is 1.94. The van der Waals surface area contributed by atoms with Gasteiger partial charge in [-0.1, -0.05) is 0 Å². The molecular weight excluding hydrogens is 196 g/mol. The Hall–Kier alpha value is 0.560. The van der Waals surface area contributed by atoms with Crippen molar-refractivity contribution in [3.63, 3.8) is 0 Å². The lowest BCUT2D eigenvalue weighted by Crippen LogP contribution is -2.35. The predicted octanol–water partition coefficient (Wildman–Crippen LogP) is 1.86. The first kappa shape index (κ1) is 9.13. The SMILES string of the molecule is ClCC1COC2(CCSCC2)O1. The summed E-state index contributed by atoms with van der Waals surface area (Å²) >= 11 is 7.67. The molecule has 2 rings (SSSR count). The summed E-state index contributed by atoms with van der Waals surface area (Å²) in [5.41, 5.74) is 0. The Kier molecular flexibility index (Phi) is 2.85. The van der Waals surface area contributed by atoms with Crippen LogP contribution in [0.3, 0.4) is 0 Å². The molecule has 2 saturated heterocycles. The van der Waals surface area contributed by atoms with Crippen molar-refractivity contribution in [2.45, 2.75) is 24.7 Å². The van der Waals surface area contributed by atoms with Gasteiger partial charge in [0.15, 0.2) is 5.79 Å². The molecule has 0 N–H and O–H groups in total. The number of rotatable bonds is 1. The van der Waals surface area contributed by atoms with E-state index in [0.717, 1.165) is 24.3 Å². The van der Waals surface area contributed by atoms with Gasteiger partial charge in [0, 0.05) is 12.8 Å². The topological polar surface area (TPSA) is 18.5 Å². The van der Waals surface area contributed by atoms with Crippen molar-refractivity contribution < 1.29 is 9.47 Å². The lowest BCUT2D eigenvalue weighted by Gasteiger charge is -2.31. The fourth-order valence-electron chi connectivity index (χ4n) is 1.64. The van der Waals surface area contributed by atoms with Crippen LogP contribution in [0.2, 0.25) is 0 Å². The van der Waals surface area contributed by atoms with Crippen LogP contribution < -0.4 is 0 Å². The third-order valence-corrected chi connectivity index (χ3v) is 3.67. The standard InChI is InChI=1S/C8H13ClO2S/c9-5-7-6-10-8(11-7)1-3-12-4-2-8/h7H,1-6H2. The molecule has 4 heteroatoms.